The molecule has 168 valence electrons. The predicted molar refractivity (Wildman–Crippen MR) is 135 cm³/mol. The molecule has 0 saturated heterocycles. The minimum Gasteiger partial charge on any atom is -0.493 e. The number of nitrogens with one attached hydrogen (secondary N) is 1. The van der Waals surface area contributed by atoms with Crippen LogP contribution in [0, 0.1) is 6.92 Å². The molecule has 0 radical (unpaired) electrons. The second-order valence-corrected chi connectivity index (χ2v) is 7.97. The molecule has 1 heterocycles. The Morgan fingerprint density at radius 1 is 0.909 bits per heavy atom. The van der Waals surface area contributed by atoms with E-state index >= 15 is 0 Å². The Kier molecular flexibility index (Phi) is 6.89. The first-order valence-electron chi connectivity index (χ1n) is 11.0. The molecule has 0 aliphatic rings. The largest absolute Gasteiger partial charge is 0.493 e. The van der Waals surface area contributed by atoms with E-state index < -0.39 is 0 Å². The van der Waals surface area contributed by atoms with Crippen LogP contribution in [-0.2, 0) is 6.42 Å². The van der Waals surface area contributed by atoms with Gasteiger partial charge >= 0.3 is 0 Å². The van der Waals surface area contributed by atoms with Crippen LogP contribution < -0.4 is 14.8 Å². The molecule has 1 N–H and O–H groups in total. The second-order valence-electron chi connectivity index (χ2n) is 7.97. The average molecular weight is 440 g/mol. The van der Waals surface area contributed by atoms with Gasteiger partial charge in [0.25, 0.3) is 0 Å². The van der Waals surface area contributed by atoms with Gasteiger partial charge in [-0.1, -0.05) is 60.7 Å². The van der Waals surface area contributed by atoms with Crippen molar-refractivity contribution in [2.24, 2.45) is 0 Å². The Morgan fingerprint density at radius 3 is 2.42 bits per heavy atom. The zero-order valence-electron chi connectivity index (χ0n) is 19.5. The van der Waals surface area contributed by atoms with Gasteiger partial charge in [-0.25, -0.2) is 9.97 Å². The van der Waals surface area contributed by atoms with Crippen molar-refractivity contribution in [3.8, 4) is 11.5 Å². The molecular formula is C28H29N3O2. The van der Waals surface area contributed by atoms with Crippen molar-refractivity contribution in [3.05, 3.63) is 95.3 Å². The van der Waals surface area contributed by atoms with Gasteiger partial charge in [-0.3, -0.25) is 0 Å². The number of methoxy groups -OCH3 is 2. The standard InChI is InChI=1S/C28H29N3O2/c1-19(23-15-9-14-22(16-23)13-8-12-21-10-6-5-7-11-21)29-28-24-17-26(32-3)27(33-4)18-25(24)30-20(2)31-28/h5-11,13-19H,12H2,1-4H3,(H,29,30,31)/b13-8+. The van der Waals surface area contributed by atoms with Gasteiger partial charge in [-0.05, 0) is 49.1 Å². The summed E-state index contributed by atoms with van der Waals surface area (Å²) >= 11 is 0. The summed E-state index contributed by atoms with van der Waals surface area (Å²) in [6.07, 6.45) is 5.29. The quantitative estimate of drug-likeness (QED) is 0.345. The summed E-state index contributed by atoms with van der Waals surface area (Å²) in [6.45, 7) is 4.03. The molecule has 0 bridgehead atoms. The Balaban J connectivity index is 1.57. The normalized spacial score (nSPS) is 12.1. The molecule has 0 amide bonds. The third-order valence-corrected chi connectivity index (χ3v) is 5.58. The maximum absolute atomic E-state index is 5.49. The first-order valence-corrected chi connectivity index (χ1v) is 11.0. The lowest BCUT2D eigenvalue weighted by Crippen LogP contribution is -2.10. The molecule has 0 aliphatic heterocycles. The lowest BCUT2D eigenvalue weighted by Gasteiger charge is -2.18. The summed E-state index contributed by atoms with van der Waals surface area (Å²) < 4.78 is 10.9. The molecule has 0 fully saturated rings. The van der Waals surface area contributed by atoms with E-state index in [-0.39, 0.29) is 6.04 Å². The van der Waals surface area contributed by atoms with Crippen molar-refractivity contribution >= 4 is 22.8 Å². The predicted octanol–water partition coefficient (Wildman–Crippen LogP) is 6.38. The summed E-state index contributed by atoms with van der Waals surface area (Å²) in [5.41, 5.74) is 4.47. The summed E-state index contributed by atoms with van der Waals surface area (Å²) in [5, 5.41) is 4.46. The van der Waals surface area contributed by atoms with E-state index in [0.717, 1.165) is 23.1 Å². The highest BCUT2D eigenvalue weighted by Gasteiger charge is 2.14. The van der Waals surface area contributed by atoms with Gasteiger partial charge in [0, 0.05) is 17.5 Å². The van der Waals surface area contributed by atoms with E-state index in [9.17, 15) is 0 Å². The van der Waals surface area contributed by atoms with Crippen molar-refractivity contribution in [3.63, 3.8) is 0 Å². The number of aromatic nitrogens is 2. The highest BCUT2D eigenvalue weighted by molar-refractivity contribution is 5.92. The molecular weight excluding hydrogens is 410 g/mol. The molecule has 3 aromatic carbocycles. The van der Waals surface area contributed by atoms with Crippen LogP contribution >= 0.6 is 0 Å². The van der Waals surface area contributed by atoms with Crippen molar-refractivity contribution in [1.29, 1.82) is 0 Å². The topological polar surface area (TPSA) is 56.3 Å². The van der Waals surface area contributed by atoms with Crippen molar-refractivity contribution in [2.45, 2.75) is 26.3 Å². The molecule has 1 atom stereocenters. The zero-order chi connectivity index (χ0) is 23.2. The third-order valence-electron chi connectivity index (χ3n) is 5.58. The van der Waals surface area contributed by atoms with Crippen LogP contribution in [0.4, 0.5) is 5.82 Å². The lowest BCUT2D eigenvalue weighted by atomic mass is 10.0. The van der Waals surface area contributed by atoms with Crippen LogP contribution in [0.15, 0.2) is 72.8 Å². The van der Waals surface area contributed by atoms with Gasteiger partial charge in [0.15, 0.2) is 11.5 Å². The molecule has 33 heavy (non-hydrogen) atoms. The van der Waals surface area contributed by atoms with Crippen molar-refractivity contribution < 1.29 is 9.47 Å². The first-order chi connectivity index (χ1) is 16.1. The van der Waals surface area contributed by atoms with E-state index in [2.05, 4.69) is 82.9 Å². The van der Waals surface area contributed by atoms with E-state index in [1.165, 1.54) is 16.7 Å². The highest BCUT2D eigenvalue weighted by atomic mass is 16.5. The number of rotatable bonds is 8. The minimum atomic E-state index is 0.0538. The number of benzene rings is 3. The Hall–Kier alpha value is -3.86. The van der Waals surface area contributed by atoms with Crippen molar-refractivity contribution in [2.75, 3.05) is 19.5 Å². The molecule has 0 spiro atoms. The molecule has 4 aromatic rings. The van der Waals surface area contributed by atoms with Gasteiger partial charge in [0.05, 0.1) is 19.7 Å². The van der Waals surface area contributed by atoms with Gasteiger partial charge in [0.2, 0.25) is 0 Å². The summed E-state index contributed by atoms with van der Waals surface area (Å²) in [4.78, 5) is 9.25. The summed E-state index contributed by atoms with van der Waals surface area (Å²) in [5.74, 6) is 2.77. The summed E-state index contributed by atoms with van der Waals surface area (Å²) in [6, 6.07) is 22.9. The Labute approximate surface area is 195 Å². The number of anilines is 1. The van der Waals surface area contributed by atoms with Crippen LogP contribution in [0.25, 0.3) is 17.0 Å². The van der Waals surface area contributed by atoms with Crippen LogP contribution in [0.5, 0.6) is 11.5 Å². The third kappa shape index (κ3) is 5.32. The van der Waals surface area contributed by atoms with Gasteiger partial charge in [-0.2, -0.15) is 0 Å². The number of fused-ring (bicyclic) bond motifs is 1. The fraction of sp³-hybridized carbons (Fsp3) is 0.214. The Morgan fingerprint density at radius 2 is 1.67 bits per heavy atom. The molecule has 0 aliphatic carbocycles. The fourth-order valence-corrected chi connectivity index (χ4v) is 3.85. The van der Waals surface area contributed by atoms with E-state index in [0.29, 0.717) is 17.3 Å². The van der Waals surface area contributed by atoms with Gasteiger partial charge in [0.1, 0.15) is 11.6 Å². The Bertz CT molecular complexity index is 1270. The molecule has 1 aromatic heterocycles. The molecule has 4 rings (SSSR count). The molecule has 5 heteroatoms. The summed E-state index contributed by atoms with van der Waals surface area (Å²) in [7, 11) is 3.26. The van der Waals surface area contributed by atoms with Crippen LogP contribution in [0.1, 0.15) is 35.5 Å². The second kappa shape index (κ2) is 10.2. The van der Waals surface area contributed by atoms with Crippen LogP contribution in [-0.4, -0.2) is 24.2 Å². The van der Waals surface area contributed by atoms with E-state index in [1.807, 2.05) is 25.1 Å². The number of aryl methyl sites for hydroxylation is 1. The van der Waals surface area contributed by atoms with Crippen molar-refractivity contribution in [1.82, 2.24) is 9.97 Å². The number of hydrogen-bond donors (Lipinski definition) is 1. The first kappa shape index (κ1) is 22.3. The van der Waals surface area contributed by atoms with Gasteiger partial charge < -0.3 is 14.8 Å². The number of nitrogens with zero attached hydrogens (tertiary/aromatic N) is 2. The van der Waals surface area contributed by atoms with Crippen LogP contribution in [0.3, 0.4) is 0 Å². The van der Waals surface area contributed by atoms with E-state index in [1.54, 1.807) is 14.2 Å². The monoisotopic (exact) mass is 439 g/mol. The zero-order valence-corrected chi connectivity index (χ0v) is 19.5. The molecule has 0 saturated carbocycles. The maximum atomic E-state index is 5.49. The van der Waals surface area contributed by atoms with Gasteiger partial charge in [-0.15, -0.1) is 0 Å². The maximum Gasteiger partial charge on any atom is 0.162 e. The fourth-order valence-electron chi connectivity index (χ4n) is 3.85. The van der Waals surface area contributed by atoms with Crippen LogP contribution in [0.2, 0.25) is 0 Å². The average Bonchev–Trinajstić information content (AvgIpc) is 2.84. The SMILES string of the molecule is COc1cc2nc(C)nc(NC(C)c3cccc(/C=C/Cc4ccccc4)c3)c2cc1OC. The highest BCUT2D eigenvalue weighted by Crippen LogP contribution is 2.35. The number of ether oxygens (including phenoxy) is 2. The molecule has 1 unspecified atom stereocenters. The smallest absolute Gasteiger partial charge is 0.162 e. The molecule has 5 nitrogen and oxygen atoms in total. The number of allylic oxidation sites excluding steroid dienone is 1. The number of hydrogen-bond acceptors (Lipinski definition) is 5. The minimum absolute atomic E-state index is 0.0538. The van der Waals surface area contributed by atoms with E-state index in [4.69, 9.17) is 9.47 Å². The lowest BCUT2D eigenvalue weighted by molar-refractivity contribution is 0.356.